The molecule has 0 bridgehead atoms. The predicted molar refractivity (Wildman–Crippen MR) is 73.2 cm³/mol. The number of carbonyl (C=O) groups is 2. The fourth-order valence-corrected chi connectivity index (χ4v) is 2.09. The second-order valence-corrected chi connectivity index (χ2v) is 6.26. The Hall–Kier alpha value is -1.47. The van der Waals surface area contributed by atoms with Crippen molar-refractivity contribution in [3.8, 4) is 0 Å². The lowest BCUT2D eigenvalue weighted by molar-refractivity contribution is -0.124. The van der Waals surface area contributed by atoms with Crippen LogP contribution in [0.4, 0.5) is 0 Å². The van der Waals surface area contributed by atoms with Gasteiger partial charge in [-0.05, 0) is 5.41 Å². The van der Waals surface area contributed by atoms with Crippen LogP contribution in [-0.4, -0.2) is 34.6 Å². The van der Waals surface area contributed by atoms with Crippen LogP contribution in [0.2, 0.25) is 0 Å². The fourth-order valence-electron chi connectivity index (χ4n) is 1.32. The summed E-state index contributed by atoms with van der Waals surface area (Å²) in [6.07, 6.45) is 0.501. The van der Waals surface area contributed by atoms with E-state index in [4.69, 9.17) is 10.8 Å². The zero-order chi connectivity index (χ0) is 14.6. The number of carbonyl (C=O) groups excluding carboxylic acids is 1. The Morgan fingerprint density at radius 3 is 2.63 bits per heavy atom. The number of thiazole rings is 1. The predicted octanol–water partition coefficient (Wildman–Crippen LogP) is 0.873. The maximum absolute atomic E-state index is 11.7. The van der Waals surface area contributed by atoms with Gasteiger partial charge < -0.3 is 16.2 Å². The van der Waals surface area contributed by atoms with E-state index in [2.05, 4.69) is 10.3 Å². The van der Waals surface area contributed by atoms with Crippen LogP contribution in [-0.2, 0) is 11.2 Å². The highest BCUT2D eigenvalue weighted by molar-refractivity contribution is 7.09. The van der Waals surface area contributed by atoms with Crippen molar-refractivity contribution < 1.29 is 14.7 Å². The van der Waals surface area contributed by atoms with Gasteiger partial charge in [0.2, 0.25) is 5.91 Å². The van der Waals surface area contributed by atoms with Crippen molar-refractivity contribution in [2.45, 2.75) is 33.2 Å². The van der Waals surface area contributed by atoms with Crippen LogP contribution in [0.1, 0.15) is 36.3 Å². The molecule has 0 unspecified atom stereocenters. The molecule has 1 aromatic rings. The van der Waals surface area contributed by atoms with Gasteiger partial charge in [0, 0.05) is 18.3 Å². The summed E-state index contributed by atoms with van der Waals surface area (Å²) in [6.45, 7) is 6.10. The summed E-state index contributed by atoms with van der Waals surface area (Å²) in [5.41, 5.74) is 5.56. The number of nitrogens with zero attached hydrogens (tertiary/aromatic N) is 1. The Bertz CT molecular complexity index is 465. The first-order chi connectivity index (χ1) is 8.71. The number of hydrogen-bond donors (Lipinski definition) is 3. The van der Waals surface area contributed by atoms with Crippen molar-refractivity contribution >= 4 is 23.2 Å². The molecule has 4 N–H and O–H groups in total. The highest BCUT2D eigenvalue weighted by atomic mass is 32.1. The quantitative estimate of drug-likeness (QED) is 0.744. The van der Waals surface area contributed by atoms with Crippen molar-refractivity contribution in [3.63, 3.8) is 0 Å². The summed E-state index contributed by atoms with van der Waals surface area (Å²) >= 11 is 1.27. The number of aromatic nitrogens is 1. The van der Waals surface area contributed by atoms with Gasteiger partial charge in [-0.25, -0.2) is 9.78 Å². The molecule has 1 heterocycles. The van der Waals surface area contributed by atoms with Gasteiger partial charge in [-0.3, -0.25) is 4.79 Å². The van der Waals surface area contributed by atoms with Crippen LogP contribution >= 0.6 is 11.3 Å². The van der Waals surface area contributed by atoms with Gasteiger partial charge in [0.25, 0.3) is 0 Å². The van der Waals surface area contributed by atoms with Crippen molar-refractivity contribution in [1.29, 1.82) is 0 Å². The first-order valence-electron chi connectivity index (χ1n) is 5.93. The average molecular weight is 285 g/mol. The third-order valence-corrected chi connectivity index (χ3v) is 3.53. The van der Waals surface area contributed by atoms with Crippen LogP contribution in [0.25, 0.3) is 0 Å². The summed E-state index contributed by atoms with van der Waals surface area (Å²) in [5, 5.41) is 13.6. The van der Waals surface area contributed by atoms with Gasteiger partial charge in [0.1, 0.15) is 0 Å². The number of carboxylic acids is 1. The average Bonchev–Trinajstić information content (AvgIpc) is 2.75. The second-order valence-electron chi connectivity index (χ2n) is 5.32. The maximum Gasteiger partial charge on any atom is 0.355 e. The normalized spacial score (nSPS) is 13.1. The molecule has 0 spiro atoms. The number of nitrogens with two attached hydrogens (primary N) is 1. The minimum absolute atomic E-state index is 0.0396. The topological polar surface area (TPSA) is 105 Å². The van der Waals surface area contributed by atoms with Crippen LogP contribution in [0.15, 0.2) is 5.38 Å². The lowest BCUT2D eigenvalue weighted by atomic mass is 9.87. The molecule has 0 saturated carbocycles. The Kier molecular flexibility index (Phi) is 5.02. The van der Waals surface area contributed by atoms with Crippen molar-refractivity contribution in [2.75, 3.05) is 6.54 Å². The highest BCUT2D eigenvalue weighted by Crippen LogP contribution is 2.17. The number of carboxylic acid groups (broad SMARTS) is 1. The Morgan fingerprint density at radius 1 is 1.53 bits per heavy atom. The molecule has 0 aliphatic carbocycles. The zero-order valence-electron chi connectivity index (χ0n) is 11.3. The largest absolute Gasteiger partial charge is 0.476 e. The molecule has 0 saturated heterocycles. The van der Waals surface area contributed by atoms with E-state index in [0.717, 1.165) is 0 Å². The molecule has 19 heavy (non-hydrogen) atoms. The summed E-state index contributed by atoms with van der Waals surface area (Å²) in [4.78, 5) is 26.3. The summed E-state index contributed by atoms with van der Waals surface area (Å²) in [6, 6.07) is -0.571. The third-order valence-electron chi connectivity index (χ3n) is 2.62. The number of amides is 1. The highest BCUT2D eigenvalue weighted by Gasteiger charge is 2.27. The Balaban J connectivity index is 2.42. The molecule has 0 radical (unpaired) electrons. The van der Waals surface area contributed by atoms with E-state index in [1.54, 1.807) is 0 Å². The maximum atomic E-state index is 11.7. The smallest absolute Gasteiger partial charge is 0.355 e. The van der Waals surface area contributed by atoms with E-state index in [1.165, 1.54) is 16.7 Å². The van der Waals surface area contributed by atoms with Crippen LogP contribution in [0.5, 0.6) is 0 Å². The van der Waals surface area contributed by atoms with Crippen LogP contribution < -0.4 is 11.1 Å². The summed E-state index contributed by atoms with van der Waals surface area (Å²) in [5.74, 6) is -1.25. The molecule has 1 rings (SSSR count). The first kappa shape index (κ1) is 15.6. The van der Waals surface area contributed by atoms with Gasteiger partial charge in [-0.1, -0.05) is 20.8 Å². The van der Waals surface area contributed by atoms with Crippen molar-refractivity contribution in [3.05, 3.63) is 16.1 Å². The van der Waals surface area contributed by atoms with Crippen molar-refractivity contribution in [1.82, 2.24) is 10.3 Å². The molecule has 1 atom stereocenters. The molecular formula is C12H19N3O3S. The molecule has 0 fully saturated rings. The van der Waals surface area contributed by atoms with E-state index in [-0.39, 0.29) is 17.0 Å². The number of nitrogens with one attached hydrogen (secondary N) is 1. The van der Waals surface area contributed by atoms with Gasteiger partial charge in [0.05, 0.1) is 11.0 Å². The molecule has 1 amide bonds. The first-order valence-corrected chi connectivity index (χ1v) is 6.81. The molecule has 0 aliphatic rings. The number of aromatic carboxylic acids is 1. The molecule has 1 aromatic heterocycles. The van der Waals surface area contributed by atoms with Crippen LogP contribution in [0, 0.1) is 5.41 Å². The van der Waals surface area contributed by atoms with Gasteiger partial charge in [0.15, 0.2) is 5.69 Å². The lowest BCUT2D eigenvalue weighted by Gasteiger charge is -2.25. The summed E-state index contributed by atoms with van der Waals surface area (Å²) in [7, 11) is 0. The third kappa shape index (κ3) is 4.60. The van der Waals surface area contributed by atoms with E-state index in [0.29, 0.717) is 18.0 Å². The standard InChI is InChI=1S/C12H19N3O3S/c1-12(2,3)9(13)10(16)14-5-4-8-15-7(6-19-8)11(17)18/h6,9H,4-5,13H2,1-3H3,(H,14,16)(H,17,18)/t9-/m0/s1. The van der Waals surface area contributed by atoms with E-state index < -0.39 is 12.0 Å². The second kappa shape index (κ2) is 6.12. The van der Waals surface area contributed by atoms with Gasteiger partial charge in [-0.15, -0.1) is 11.3 Å². The minimum atomic E-state index is -1.04. The van der Waals surface area contributed by atoms with E-state index in [1.807, 2.05) is 20.8 Å². The molecule has 0 aliphatic heterocycles. The SMILES string of the molecule is CC(C)(C)[C@@H](N)C(=O)NCCc1nc(C(=O)O)cs1. The molecule has 6 nitrogen and oxygen atoms in total. The monoisotopic (exact) mass is 285 g/mol. The summed E-state index contributed by atoms with van der Waals surface area (Å²) < 4.78 is 0. The number of hydrogen-bond acceptors (Lipinski definition) is 5. The van der Waals surface area contributed by atoms with Gasteiger partial charge >= 0.3 is 5.97 Å². The molecule has 0 aromatic carbocycles. The lowest BCUT2D eigenvalue weighted by Crippen LogP contribution is -2.48. The molecule has 7 heteroatoms. The van der Waals surface area contributed by atoms with E-state index >= 15 is 0 Å². The Labute approximate surface area is 116 Å². The Morgan fingerprint density at radius 2 is 2.16 bits per heavy atom. The minimum Gasteiger partial charge on any atom is -0.476 e. The van der Waals surface area contributed by atoms with Gasteiger partial charge in [-0.2, -0.15) is 0 Å². The van der Waals surface area contributed by atoms with Crippen molar-refractivity contribution in [2.24, 2.45) is 11.1 Å². The number of rotatable bonds is 5. The molecular weight excluding hydrogens is 266 g/mol. The molecule has 106 valence electrons. The fraction of sp³-hybridized carbons (Fsp3) is 0.583. The van der Waals surface area contributed by atoms with Crippen LogP contribution in [0.3, 0.4) is 0 Å². The van der Waals surface area contributed by atoms with E-state index in [9.17, 15) is 9.59 Å². The zero-order valence-corrected chi connectivity index (χ0v) is 12.1.